The van der Waals surface area contributed by atoms with Gasteiger partial charge in [-0.1, -0.05) is 163 Å². The van der Waals surface area contributed by atoms with Gasteiger partial charge < -0.3 is 9.05 Å². The molecule has 1 aliphatic heterocycles. The molecular formula is C56H39BN2. The third kappa shape index (κ3) is 5.14. The Bertz CT molecular complexity index is 3290. The van der Waals surface area contributed by atoms with Gasteiger partial charge in [-0.15, -0.1) is 0 Å². The maximum Gasteiger partial charge on any atom is 0.332 e. The summed E-state index contributed by atoms with van der Waals surface area (Å²) in [4.78, 5) is 0. The molecule has 0 fully saturated rings. The lowest BCUT2D eigenvalue weighted by molar-refractivity contribution is 1.18. The Hall–Kier alpha value is -7.36. The van der Waals surface area contributed by atoms with Crippen LogP contribution in [0.3, 0.4) is 0 Å². The van der Waals surface area contributed by atoms with Crippen LogP contribution >= 0.6 is 0 Å². The van der Waals surface area contributed by atoms with Crippen molar-refractivity contribution in [3.05, 3.63) is 211 Å². The van der Waals surface area contributed by atoms with E-state index in [1.807, 2.05) is 0 Å². The number of benzene rings is 9. The number of fused-ring (bicyclic) bond motifs is 8. The highest BCUT2D eigenvalue weighted by molar-refractivity contribution is 6.88. The van der Waals surface area contributed by atoms with E-state index in [9.17, 15) is 0 Å². The molecule has 1 aliphatic rings. The summed E-state index contributed by atoms with van der Waals surface area (Å²) in [6.07, 6.45) is 0. The minimum atomic E-state index is -0.124. The van der Waals surface area contributed by atoms with Gasteiger partial charge in [0.1, 0.15) is 0 Å². The third-order valence-corrected chi connectivity index (χ3v) is 12.6. The molecule has 276 valence electrons. The van der Waals surface area contributed by atoms with E-state index in [2.05, 4.69) is 223 Å². The van der Waals surface area contributed by atoms with Gasteiger partial charge in [0.15, 0.2) is 0 Å². The summed E-state index contributed by atoms with van der Waals surface area (Å²) in [7, 11) is 0. The van der Waals surface area contributed by atoms with Crippen molar-refractivity contribution in [2.75, 3.05) is 0 Å². The molecule has 0 radical (unpaired) electrons. The number of hydrogen-bond acceptors (Lipinski definition) is 0. The number of hydrogen-bond donors (Lipinski definition) is 0. The maximum absolute atomic E-state index is 2.73. The summed E-state index contributed by atoms with van der Waals surface area (Å²) in [5, 5.41) is 5.11. The van der Waals surface area contributed by atoms with Gasteiger partial charge in [0.2, 0.25) is 0 Å². The van der Waals surface area contributed by atoms with Gasteiger partial charge in [0, 0.05) is 49.4 Å². The van der Waals surface area contributed by atoms with Gasteiger partial charge in [-0.3, -0.25) is 0 Å². The monoisotopic (exact) mass is 750 g/mol. The summed E-state index contributed by atoms with van der Waals surface area (Å²) in [6, 6.07) is 74.5. The molecule has 0 N–H and O–H groups in total. The SMILES string of the molecule is Cc1ccc2c(c1)c1cc(C)cc3c1n2-c1ccccc1B3n1c2c(-c3ccccc3)cc(-c3ccccc3)cc2c2cc(-c3ccccc3)cc(-c3ccccc3)c21. The van der Waals surface area contributed by atoms with Crippen LogP contribution in [-0.2, 0) is 0 Å². The van der Waals surface area contributed by atoms with Crippen LogP contribution in [0.15, 0.2) is 200 Å². The van der Waals surface area contributed by atoms with E-state index < -0.39 is 0 Å². The first-order chi connectivity index (χ1) is 29.1. The molecule has 11 aromatic rings. The number of rotatable bonds is 5. The highest BCUT2D eigenvalue weighted by Crippen LogP contribution is 2.46. The molecule has 0 unspecified atom stereocenters. The van der Waals surface area contributed by atoms with E-state index >= 15 is 0 Å². The van der Waals surface area contributed by atoms with Crippen molar-refractivity contribution in [2.24, 2.45) is 0 Å². The van der Waals surface area contributed by atoms with Crippen LogP contribution in [0.2, 0.25) is 0 Å². The lowest BCUT2D eigenvalue weighted by atomic mass is 9.48. The van der Waals surface area contributed by atoms with E-state index in [4.69, 9.17) is 0 Å². The molecule has 3 heterocycles. The largest absolute Gasteiger partial charge is 0.375 e. The van der Waals surface area contributed by atoms with Crippen LogP contribution in [0, 0.1) is 13.8 Å². The molecule has 0 saturated carbocycles. The topological polar surface area (TPSA) is 9.86 Å². The first-order valence-electron chi connectivity index (χ1n) is 20.6. The second kappa shape index (κ2) is 13.1. The molecule has 2 nitrogen and oxygen atoms in total. The first kappa shape index (κ1) is 33.8. The van der Waals surface area contributed by atoms with Crippen LogP contribution < -0.4 is 10.9 Å². The summed E-state index contributed by atoms with van der Waals surface area (Å²) in [5.74, 6) is 0. The number of nitrogens with zero attached hydrogens (tertiary/aromatic N) is 2. The third-order valence-electron chi connectivity index (χ3n) is 12.6. The molecule has 0 spiro atoms. The quantitative estimate of drug-likeness (QED) is 0.155. The van der Waals surface area contributed by atoms with Crippen LogP contribution in [-0.4, -0.2) is 15.9 Å². The van der Waals surface area contributed by atoms with Gasteiger partial charge in [0.25, 0.3) is 0 Å². The highest BCUT2D eigenvalue weighted by atomic mass is 15.0. The Balaban J connectivity index is 1.33. The summed E-state index contributed by atoms with van der Waals surface area (Å²) < 4.78 is 5.27. The maximum atomic E-state index is 2.73. The van der Waals surface area contributed by atoms with E-state index in [1.54, 1.807) is 0 Å². The normalized spacial score (nSPS) is 12.2. The zero-order valence-corrected chi connectivity index (χ0v) is 33.0. The number of aryl methyl sites for hydroxylation is 2. The molecule has 0 aliphatic carbocycles. The summed E-state index contributed by atoms with van der Waals surface area (Å²) >= 11 is 0. The van der Waals surface area contributed by atoms with Crippen LogP contribution in [0.25, 0.3) is 93.8 Å². The number of para-hydroxylation sites is 1. The average molecular weight is 751 g/mol. The Morgan fingerprint density at radius 1 is 0.339 bits per heavy atom. The van der Waals surface area contributed by atoms with Crippen molar-refractivity contribution in [2.45, 2.75) is 13.8 Å². The van der Waals surface area contributed by atoms with Crippen molar-refractivity contribution in [1.82, 2.24) is 9.05 Å². The van der Waals surface area contributed by atoms with E-state index in [0.29, 0.717) is 0 Å². The molecule has 3 heteroatoms. The highest BCUT2D eigenvalue weighted by Gasteiger charge is 2.38. The molecular weight excluding hydrogens is 711 g/mol. The van der Waals surface area contributed by atoms with E-state index in [0.717, 1.165) is 0 Å². The minimum Gasteiger partial charge on any atom is -0.375 e. The van der Waals surface area contributed by atoms with Gasteiger partial charge in [-0.25, -0.2) is 0 Å². The van der Waals surface area contributed by atoms with Crippen molar-refractivity contribution in [3.8, 4) is 50.2 Å². The predicted molar refractivity (Wildman–Crippen MR) is 252 cm³/mol. The molecule has 2 aromatic heterocycles. The first-order valence-corrected chi connectivity index (χ1v) is 20.6. The molecule has 0 atom stereocenters. The smallest absolute Gasteiger partial charge is 0.332 e. The van der Waals surface area contributed by atoms with Crippen molar-refractivity contribution in [3.63, 3.8) is 0 Å². The lowest BCUT2D eigenvalue weighted by Gasteiger charge is -2.29. The van der Waals surface area contributed by atoms with Gasteiger partial charge in [0.05, 0.1) is 11.0 Å². The molecule has 59 heavy (non-hydrogen) atoms. The van der Waals surface area contributed by atoms with Crippen molar-refractivity contribution >= 4 is 61.4 Å². The predicted octanol–water partition coefficient (Wildman–Crippen LogP) is 13.1. The van der Waals surface area contributed by atoms with Gasteiger partial charge >= 0.3 is 6.85 Å². The van der Waals surface area contributed by atoms with Gasteiger partial charge in [-0.05, 0) is 107 Å². The average Bonchev–Trinajstić information content (AvgIpc) is 3.79. The molecule has 0 saturated heterocycles. The van der Waals surface area contributed by atoms with Crippen molar-refractivity contribution in [1.29, 1.82) is 0 Å². The Morgan fingerprint density at radius 2 is 0.814 bits per heavy atom. The Kier molecular flexibility index (Phi) is 7.49. The molecule has 0 bridgehead atoms. The van der Waals surface area contributed by atoms with Gasteiger partial charge in [-0.2, -0.15) is 0 Å². The summed E-state index contributed by atoms with van der Waals surface area (Å²) in [5.41, 5.74) is 21.1. The lowest BCUT2D eigenvalue weighted by Crippen LogP contribution is -2.53. The minimum absolute atomic E-state index is 0.124. The van der Waals surface area contributed by atoms with Crippen LogP contribution in [0.4, 0.5) is 0 Å². The summed E-state index contributed by atoms with van der Waals surface area (Å²) in [6.45, 7) is 4.35. The second-order valence-electron chi connectivity index (χ2n) is 16.2. The standard InChI is InChI=1S/C56H39BN2/c1-36-27-28-52-46(29-36)47-30-37(2)31-51-56(47)58(52)53-26-16-15-25-50(53)57(51)59-54-44(40-21-11-5-12-22-40)32-42(38-17-7-3-8-18-38)34-48(54)49-35-43(39-19-9-4-10-20-39)33-45(55(49)59)41-23-13-6-14-24-41/h3-35H,1-2H3. The zero-order chi connectivity index (χ0) is 39.2. The van der Waals surface area contributed by atoms with Crippen LogP contribution in [0.1, 0.15) is 11.1 Å². The Morgan fingerprint density at radius 3 is 1.37 bits per heavy atom. The Labute approximate surface area is 344 Å². The second-order valence-corrected chi connectivity index (χ2v) is 16.2. The molecule has 9 aromatic carbocycles. The van der Waals surface area contributed by atoms with Crippen molar-refractivity contribution < 1.29 is 0 Å². The number of aromatic nitrogens is 2. The zero-order valence-electron chi connectivity index (χ0n) is 33.0. The molecule has 12 rings (SSSR count). The fourth-order valence-corrected chi connectivity index (χ4v) is 10.1. The van der Waals surface area contributed by atoms with E-state index in [-0.39, 0.29) is 6.85 Å². The molecule has 0 amide bonds. The van der Waals surface area contributed by atoms with E-state index in [1.165, 1.54) is 116 Å². The fourth-order valence-electron chi connectivity index (χ4n) is 10.1. The fraction of sp³-hybridized carbons (Fsp3) is 0.0357. The van der Waals surface area contributed by atoms with Crippen LogP contribution in [0.5, 0.6) is 0 Å².